The average Bonchev–Trinajstić information content (AvgIpc) is 2.19. The molecule has 1 rings (SSSR count). The van der Waals surface area contributed by atoms with Gasteiger partial charge in [-0.05, 0) is 13.3 Å². The molecule has 100 valence electrons. The predicted octanol–water partition coefficient (Wildman–Crippen LogP) is 2.47. The Morgan fingerprint density at radius 2 is 2.18 bits per heavy atom. The van der Waals surface area contributed by atoms with Crippen LogP contribution in [0.15, 0.2) is 0 Å². The lowest BCUT2D eigenvalue weighted by Crippen LogP contribution is -2.49. The average molecular weight is 320 g/mol. The highest BCUT2D eigenvalue weighted by Crippen LogP contribution is 2.28. The number of amides is 1. The molecule has 0 spiro atoms. The van der Waals surface area contributed by atoms with Crippen molar-refractivity contribution in [2.75, 3.05) is 13.1 Å². The summed E-state index contributed by atoms with van der Waals surface area (Å²) in [4.78, 5) is 11.4. The smallest absolute Gasteiger partial charge is 0.414 e. The van der Waals surface area contributed by atoms with Gasteiger partial charge in [-0.3, -0.25) is 0 Å². The summed E-state index contributed by atoms with van der Waals surface area (Å²) in [5.74, 6) is 0. The van der Waals surface area contributed by atoms with E-state index in [1.54, 1.807) is 0 Å². The van der Waals surface area contributed by atoms with Crippen molar-refractivity contribution >= 4 is 22.0 Å². The molecule has 0 saturated carbocycles. The van der Waals surface area contributed by atoms with Crippen molar-refractivity contribution in [3.05, 3.63) is 0 Å². The molecular weight excluding hydrogens is 307 g/mol. The summed E-state index contributed by atoms with van der Waals surface area (Å²) in [6.45, 7) is 1.26. The highest BCUT2D eigenvalue weighted by Gasteiger charge is 2.41. The van der Waals surface area contributed by atoms with E-state index in [1.165, 1.54) is 0 Å². The fourth-order valence-corrected chi connectivity index (χ4v) is 2.29. The largest absolute Gasteiger partial charge is 0.465 e. The van der Waals surface area contributed by atoms with E-state index < -0.39 is 29.3 Å². The number of hydrogen-bond donors (Lipinski definition) is 1. The molecule has 1 aliphatic rings. The van der Waals surface area contributed by atoms with E-state index in [0.717, 1.165) is 11.8 Å². The summed E-state index contributed by atoms with van der Waals surface area (Å²) < 4.78 is 41.8. The van der Waals surface area contributed by atoms with E-state index in [1.807, 2.05) is 0 Å². The Kier molecular flexibility index (Phi) is 4.65. The summed E-state index contributed by atoms with van der Waals surface area (Å²) in [5.41, 5.74) is 0. The number of halogens is 4. The third-order valence-electron chi connectivity index (χ3n) is 2.59. The zero-order valence-electron chi connectivity index (χ0n) is 9.08. The molecule has 3 atom stereocenters. The maximum absolute atomic E-state index is 12.3. The van der Waals surface area contributed by atoms with Gasteiger partial charge in [0.1, 0.15) is 0 Å². The Morgan fingerprint density at radius 1 is 1.59 bits per heavy atom. The first kappa shape index (κ1) is 14.6. The molecule has 1 amide bonds. The zero-order chi connectivity index (χ0) is 13.2. The summed E-state index contributed by atoms with van der Waals surface area (Å²) in [7, 11) is 0. The molecule has 0 bridgehead atoms. The Hall–Kier alpha value is -0.500. The lowest BCUT2D eigenvalue weighted by Gasteiger charge is -2.35. The van der Waals surface area contributed by atoms with Gasteiger partial charge in [0.05, 0.1) is 10.9 Å². The van der Waals surface area contributed by atoms with Crippen LogP contribution in [0.4, 0.5) is 18.0 Å². The fourth-order valence-electron chi connectivity index (χ4n) is 1.55. The molecule has 1 heterocycles. The van der Waals surface area contributed by atoms with Crippen LogP contribution in [-0.4, -0.2) is 52.4 Å². The third-order valence-corrected chi connectivity index (χ3v) is 3.47. The minimum absolute atomic E-state index is 0.130. The minimum Gasteiger partial charge on any atom is -0.465 e. The molecule has 1 saturated heterocycles. The quantitative estimate of drug-likeness (QED) is 0.795. The van der Waals surface area contributed by atoms with Crippen LogP contribution in [0.5, 0.6) is 0 Å². The van der Waals surface area contributed by atoms with E-state index in [-0.39, 0.29) is 19.5 Å². The van der Waals surface area contributed by atoms with Crippen LogP contribution in [0, 0.1) is 0 Å². The third kappa shape index (κ3) is 4.02. The molecule has 1 fully saturated rings. The van der Waals surface area contributed by atoms with E-state index in [2.05, 4.69) is 15.9 Å². The molecule has 0 radical (unpaired) electrons. The van der Waals surface area contributed by atoms with Gasteiger partial charge in [0.2, 0.25) is 0 Å². The van der Waals surface area contributed by atoms with Gasteiger partial charge in [0, 0.05) is 13.1 Å². The van der Waals surface area contributed by atoms with Gasteiger partial charge in [-0.1, -0.05) is 15.9 Å². The predicted molar refractivity (Wildman–Crippen MR) is 57.3 cm³/mol. The monoisotopic (exact) mass is 319 g/mol. The lowest BCUT2D eigenvalue weighted by molar-refractivity contribution is -0.228. The van der Waals surface area contributed by atoms with Gasteiger partial charge in [-0.2, -0.15) is 13.2 Å². The zero-order valence-corrected chi connectivity index (χ0v) is 10.7. The molecule has 0 aromatic rings. The van der Waals surface area contributed by atoms with E-state index in [4.69, 9.17) is 9.84 Å². The normalized spacial score (nSPS) is 27.9. The first-order valence-electron chi connectivity index (χ1n) is 5.06. The van der Waals surface area contributed by atoms with Crippen LogP contribution in [0.2, 0.25) is 0 Å². The lowest BCUT2D eigenvalue weighted by atomic mass is 10.1. The van der Waals surface area contributed by atoms with Crippen molar-refractivity contribution in [2.45, 2.75) is 36.6 Å². The van der Waals surface area contributed by atoms with Gasteiger partial charge < -0.3 is 14.7 Å². The van der Waals surface area contributed by atoms with E-state index in [0.29, 0.717) is 0 Å². The van der Waals surface area contributed by atoms with Crippen molar-refractivity contribution < 1.29 is 27.8 Å². The first-order valence-corrected chi connectivity index (χ1v) is 5.97. The number of ether oxygens (including phenoxy) is 1. The van der Waals surface area contributed by atoms with Gasteiger partial charge >= 0.3 is 12.3 Å². The standard InChI is InChI=1S/C9H13BrF3NO3/c1-5(9(11,12)13)17-7-2-3-14(8(15)16)4-6(7)10/h5-7H,2-4H2,1H3,(H,15,16)/t5-,6?,7?/m0/s1. The molecule has 17 heavy (non-hydrogen) atoms. The van der Waals surface area contributed by atoms with Crippen molar-refractivity contribution in [3.63, 3.8) is 0 Å². The van der Waals surface area contributed by atoms with Crippen LogP contribution in [-0.2, 0) is 4.74 Å². The SMILES string of the molecule is C[C@H](OC1CCN(C(=O)O)CC1Br)C(F)(F)F. The second-order valence-corrected chi connectivity index (χ2v) is 5.07. The number of carbonyl (C=O) groups is 1. The Labute approximate surface area is 105 Å². The molecule has 8 heteroatoms. The summed E-state index contributed by atoms with van der Waals surface area (Å²) in [6.07, 6.45) is -7.68. The summed E-state index contributed by atoms with van der Waals surface area (Å²) in [6, 6.07) is 0. The van der Waals surface area contributed by atoms with Crippen LogP contribution < -0.4 is 0 Å². The first-order chi connectivity index (χ1) is 7.71. The Bertz CT molecular complexity index is 287. The highest BCUT2D eigenvalue weighted by molar-refractivity contribution is 9.09. The second kappa shape index (κ2) is 5.43. The Balaban J connectivity index is 2.50. The number of likely N-dealkylation sites (tertiary alicyclic amines) is 1. The van der Waals surface area contributed by atoms with Gasteiger partial charge in [0.25, 0.3) is 0 Å². The van der Waals surface area contributed by atoms with Gasteiger partial charge in [-0.15, -0.1) is 0 Å². The number of piperidine rings is 1. The summed E-state index contributed by atoms with van der Waals surface area (Å²) >= 11 is 3.16. The van der Waals surface area contributed by atoms with E-state index in [9.17, 15) is 18.0 Å². The molecule has 2 unspecified atom stereocenters. The van der Waals surface area contributed by atoms with Crippen LogP contribution in [0.1, 0.15) is 13.3 Å². The summed E-state index contributed by atoms with van der Waals surface area (Å²) in [5, 5.41) is 8.74. The topological polar surface area (TPSA) is 49.8 Å². The highest BCUT2D eigenvalue weighted by atomic mass is 79.9. The maximum Gasteiger partial charge on any atom is 0.414 e. The number of nitrogens with zero attached hydrogens (tertiary/aromatic N) is 1. The molecule has 0 aromatic carbocycles. The molecule has 0 aliphatic carbocycles. The molecular formula is C9H13BrF3NO3. The van der Waals surface area contributed by atoms with Gasteiger partial charge in [-0.25, -0.2) is 4.79 Å². The van der Waals surface area contributed by atoms with Crippen molar-refractivity contribution in [2.24, 2.45) is 0 Å². The number of carboxylic acid groups (broad SMARTS) is 1. The van der Waals surface area contributed by atoms with Crippen LogP contribution in [0.3, 0.4) is 0 Å². The number of hydrogen-bond acceptors (Lipinski definition) is 2. The van der Waals surface area contributed by atoms with Crippen molar-refractivity contribution in [3.8, 4) is 0 Å². The van der Waals surface area contributed by atoms with Gasteiger partial charge in [0.15, 0.2) is 6.10 Å². The maximum atomic E-state index is 12.3. The Morgan fingerprint density at radius 3 is 2.59 bits per heavy atom. The fraction of sp³-hybridized carbons (Fsp3) is 0.889. The van der Waals surface area contributed by atoms with Crippen molar-refractivity contribution in [1.29, 1.82) is 0 Å². The minimum atomic E-state index is -4.39. The van der Waals surface area contributed by atoms with Crippen LogP contribution >= 0.6 is 15.9 Å². The molecule has 0 aromatic heterocycles. The molecule has 1 aliphatic heterocycles. The molecule has 4 nitrogen and oxygen atoms in total. The van der Waals surface area contributed by atoms with Crippen molar-refractivity contribution in [1.82, 2.24) is 4.90 Å². The molecule has 1 N–H and O–H groups in total. The number of rotatable bonds is 2. The van der Waals surface area contributed by atoms with E-state index >= 15 is 0 Å². The van der Waals surface area contributed by atoms with Crippen LogP contribution in [0.25, 0.3) is 0 Å². The number of alkyl halides is 4. The second-order valence-electron chi connectivity index (χ2n) is 3.89.